The fraction of sp³-hybridized carbons (Fsp3) is 0.130. The van der Waals surface area contributed by atoms with Crippen LogP contribution in [0.2, 0.25) is 0 Å². The van der Waals surface area contributed by atoms with Gasteiger partial charge in [0.2, 0.25) is 0 Å². The summed E-state index contributed by atoms with van der Waals surface area (Å²) in [6, 6.07) is 12.9. The van der Waals surface area contributed by atoms with E-state index in [1.807, 2.05) is 19.1 Å². The van der Waals surface area contributed by atoms with Gasteiger partial charge in [-0.2, -0.15) is 5.10 Å². The SMILES string of the molecule is Cc1ccc(-c2ccc(=O)[nH]n2)cc1NC(=O)C1=CN(C)C(=O)NC1c1ccc(F)cc1. The van der Waals surface area contributed by atoms with Crippen LogP contribution in [0.3, 0.4) is 0 Å². The quantitative estimate of drug-likeness (QED) is 0.588. The summed E-state index contributed by atoms with van der Waals surface area (Å²) in [5.74, 6) is -0.827. The zero-order valence-electron chi connectivity index (χ0n) is 17.3. The molecule has 1 aromatic heterocycles. The van der Waals surface area contributed by atoms with E-state index < -0.39 is 17.8 Å². The Hall–Kier alpha value is -4.27. The fourth-order valence-corrected chi connectivity index (χ4v) is 3.37. The molecule has 2 aromatic carbocycles. The first kappa shape index (κ1) is 21.0. The van der Waals surface area contributed by atoms with Crippen LogP contribution in [0.4, 0.5) is 14.9 Å². The number of hydrogen-bond acceptors (Lipinski definition) is 4. The molecule has 1 aliphatic heterocycles. The van der Waals surface area contributed by atoms with Crippen molar-refractivity contribution in [2.24, 2.45) is 0 Å². The van der Waals surface area contributed by atoms with Crippen LogP contribution in [0.5, 0.6) is 0 Å². The molecule has 1 unspecified atom stereocenters. The third-order valence-electron chi connectivity index (χ3n) is 5.16. The molecule has 0 spiro atoms. The van der Waals surface area contributed by atoms with Crippen LogP contribution in [0, 0.1) is 12.7 Å². The zero-order chi connectivity index (χ0) is 22.8. The van der Waals surface area contributed by atoms with Crippen LogP contribution in [-0.2, 0) is 4.79 Å². The topological polar surface area (TPSA) is 107 Å². The van der Waals surface area contributed by atoms with Crippen LogP contribution < -0.4 is 16.2 Å². The van der Waals surface area contributed by atoms with Gasteiger partial charge in [0.25, 0.3) is 11.5 Å². The van der Waals surface area contributed by atoms with Crippen molar-refractivity contribution in [3.8, 4) is 11.3 Å². The molecule has 0 saturated carbocycles. The number of amides is 3. The summed E-state index contributed by atoms with van der Waals surface area (Å²) in [4.78, 5) is 38.0. The number of hydrogen-bond donors (Lipinski definition) is 3. The molecule has 0 aliphatic carbocycles. The molecular weight excluding hydrogens is 413 g/mol. The standard InChI is InChI=1S/C23H20FN5O3/c1-13-3-4-15(18-9-10-20(30)28-27-18)11-19(13)25-22(31)17-12-29(2)23(32)26-21(17)14-5-7-16(24)8-6-14/h3-12,21H,1-2H3,(H,25,31)(H,26,32)(H,28,30). The molecule has 32 heavy (non-hydrogen) atoms. The van der Waals surface area contributed by atoms with Crippen LogP contribution >= 0.6 is 0 Å². The van der Waals surface area contributed by atoms with Gasteiger partial charge < -0.3 is 15.5 Å². The minimum Gasteiger partial charge on any atom is -0.327 e. The number of H-pyrrole nitrogens is 1. The summed E-state index contributed by atoms with van der Waals surface area (Å²) in [6.45, 7) is 1.85. The van der Waals surface area contributed by atoms with Gasteiger partial charge >= 0.3 is 6.03 Å². The fourth-order valence-electron chi connectivity index (χ4n) is 3.37. The number of aryl methyl sites for hydroxylation is 1. The molecule has 0 saturated heterocycles. The van der Waals surface area contributed by atoms with Crippen molar-refractivity contribution in [3.63, 3.8) is 0 Å². The van der Waals surface area contributed by atoms with Crippen LogP contribution in [0.25, 0.3) is 11.3 Å². The van der Waals surface area contributed by atoms with Crippen molar-refractivity contribution in [3.05, 3.63) is 93.7 Å². The number of urea groups is 1. The largest absolute Gasteiger partial charge is 0.327 e. The predicted octanol–water partition coefficient (Wildman–Crippen LogP) is 3.10. The van der Waals surface area contributed by atoms with Gasteiger partial charge in [-0.1, -0.05) is 24.3 Å². The number of benzene rings is 2. The maximum Gasteiger partial charge on any atom is 0.321 e. The van der Waals surface area contributed by atoms with Crippen molar-refractivity contribution in [2.45, 2.75) is 13.0 Å². The minimum absolute atomic E-state index is 0.297. The molecule has 3 aromatic rings. The highest BCUT2D eigenvalue weighted by Crippen LogP contribution is 2.29. The van der Waals surface area contributed by atoms with E-state index in [0.29, 0.717) is 28.1 Å². The van der Waals surface area contributed by atoms with Crippen LogP contribution in [0.1, 0.15) is 17.2 Å². The van der Waals surface area contributed by atoms with Gasteiger partial charge in [0.1, 0.15) is 5.82 Å². The molecule has 0 radical (unpaired) electrons. The second-order valence-electron chi connectivity index (χ2n) is 7.42. The molecule has 0 fully saturated rings. The molecule has 1 atom stereocenters. The van der Waals surface area contributed by atoms with Gasteiger partial charge in [-0.05, 0) is 42.3 Å². The normalized spacial score (nSPS) is 15.7. The Morgan fingerprint density at radius 3 is 2.53 bits per heavy atom. The zero-order valence-corrected chi connectivity index (χ0v) is 17.3. The lowest BCUT2D eigenvalue weighted by atomic mass is 9.97. The number of anilines is 1. The van der Waals surface area contributed by atoms with Crippen molar-refractivity contribution < 1.29 is 14.0 Å². The molecule has 3 amide bonds. The summed E-state index contributed by atoms with van der Waals surface area (Å²) in [5, 5.41) is 12.1. The number of carbonyl (C=O) groups excluding carboxylic acids is 2. The smallest absolute Gasteiger partial charge is 0.321 e. The van der Waals surface area contributed by atoms with E-state index >= 15 is 0 Å². The third kappa shape index (κ3) is 4.27. The van der Waals surface area contributed by atoms with Crippen molar-refractivity contribution in [1.82, 2.24) is 20.4 Å². The maximum absolute atomic E-state index is 13.4. The van der Waals surface area contributed by atoms with E-state index in [1.54, 1.807) is 12.1 Å². The highest BCUT2D eigenvalue weighted by atomic mass is 19.1. The van der Waals surface area contributed by atoms with Gasteiger partial charge in [-0.3, -0.25) is 9.59 Å². The van der Waals surface area contributed by atoms with Crippen molar-refractivity contribution >= 4 is 17.6 Å². The molecule has 3 N–H and O–H groups in total. The van der Waals surface area contributed by atoms with Gasteiger partial charge in [-0.15, -0.1) is 0 Å². The number of aromatic amines is 1. The lowest BCUT2D eigenvalue weighted by molar-refractivity contribution is -0.113. The average molecular weight is 433 g/mol. The Balaban J connectivity index is 1.65. The summed E-state index contributed by atoms with van der Waals surface area (Å²) in [6.07, 6.45) is 1.46. The van der Waals surface area contributed by atoms with E-state index in [2.05, 4.69) is 20.8 Å². The monoisotopic (exact) mass is 433 g/mol. The Morgan fingerprint density at radius 2 is 1.84 bits per heavy atom. The number of nitrogens with one attached hydrogen (secondary N) is 3. The molecule has 8 nitrogen and oxygen atoms in total. The third-order valence-corrected chi connectivity index (χ3v) is 5.16. The Kier molecular flexibility index (Phi) is 5.55. The van der Waals surface area contributed by atoms with E-state index in [-0.39, 0.29) is 11.6 Å². The predicted molar refractivity (Wildman–Crippen MR) is 117 cm³/mol. The molecule has 4 rings (SSSR count). The minimum atomic E-state index is -0.733. The molecule has 1 aliphatic rings. The van der Waals surface area contributed by atoms with E-state index in [0.717, 1.165) is 5.56 Å². The van der Waals surface area contributed by atoms with Crippen LogP contribution in [0.15, 0.2) is 71.2 Å². The van der Waals surface area contributed by atoms with E-state index in [4.69, 9.17) is 0 Å². The molecule has 162 valence electrons. The first-order valence-electron chi connectivity index (χ1n) is 9.80. The number of nitrogens with zero attached hydrogens (tertiary/aromatic N) is 2. The number of aromatic nitrogens is 2. The van der Waals surface area contributed by atoms with Crippen LogP contribution in [-0.4, -0.2) is 34.1 Å². The maximum atomic E-state index is 13.4. The lowest BCUT2D eigenvalue weighted by Gasteiger charge is -2.30. The number of rotatable bonds is 4. The summed E-state index contributed by atoms with van der Waals surface area (Å²) in [7, 11) is 1.54. The van der Waals surface area contributed by atoms with Gasteiger partial charge in [-0.25, -0.2) is 14.3 Å². The lowest BCUT2D eigenvalue weighted by Crippen LogP contribution is -2.44. The Bertz CT molecular complexity index is 1260. The van der Waals surface area contributed by atoms with Crippen molar-refractivity contribution in [2.75, 3.05) is 12.4 Å². The number of halogens is 1. The van der Waals surface area contributed by atoms with Gasteiger partial charge in [0.05, 0.1) is 17.3 Å². The summed E-state index contributed by atoms with van der Waals surface area (Å²) >= 11 is 0. The first-order valence-corrected chi connectivity index (χ1v) is 9.80. The summed E-state index contributed by atoms with van der Waals surface area (Å²) in [5.41, 5.74) is 3.20. The van der Waals surface area contributed by atoms with E-state index in [1.165, 1.54) is 48.5 Å². The van der Waals surface area contributed by atoms with E-state index in [9.17, 15) is 18.8 Å². The summed E-state index contributed by atoms with van der Waals surface area (Å²) < 4.78 is 13.4. The molecule has 0 bridgehead atoms. The second-order valence-corrected chi connectivity index (χ2v) is 7.42. The van der Waals surface area contributed by atoms with Gasteiger partial charge in [0.15, 0.2) is 0 Å². The highest BCUT2D eigenvalue weighted by Gasteiger charge is 2.30. The van der Waals surface area contributed by atoms with Gasteiger partial charge in [0, 0.05) is 30.6 Å². The first-order chi connectivity index (χ1) is 15.3. The molecular formula is C23H20FN5O3. The second kappa shape index (κ2) is 8.46. The number of carbonyl (C=O) groups is 2. The van der Waals surface area contributed by atoms with Crippen molar-refractivity contribution in [1.29, 1.82) is 0 Å². The Labute approximate surface area is 182 Å². The molecule has 9 heteroatoms. The highest BCUT2D eigenvalue weighted by molar-refractivity contribution is 6.06. The average Bonchev–Trinajstić information content (AvgIpc) is 2.78. The molecule has 2 heterocycles. The Morgan fingerprint density at radius 1 is 1.09 bits per heavy atom.